The zero-order valence-corrected chi connectivity index (χ0v) is 20.3. The number of ether oxygens (including phenoxy) is 1. The van der Waals surface area contributed by atoms with Gasteiger partial charge in [0.05, 0.1) is 22.2 Å². The zero-order valence-electron chi connectivity index (χ0n) is 20.3. The molecule has 1 atom stereocenters. The van der Waals surface area contributed by atoms with Gasteiger partial charge in [0.2, 0.25) is 5.95 Å². The first kappa shape index (κ1) is 20.5. The highest BCUT2D eigenvalue weighted by molar-refractivity contribution is 6.13. The predicted octanol–water partition coefficient (Wildman–Crippen LogP) is 7.89. The quantitative estimate of drug-likeness (QED) is 0.255. The normalized spacial score (nSPS) is 18.1. The molecule has 0 saturated heterocycles. The Morgan fingerprint density at radius 1 is 0.784 bits per heavy atom. The topological polar surface area (TPSA) is 39.9 Å². The van der Waals surface area contributed by atoms with Gasteiger partial charge in [-0.15, -0.1) is 0 Å². The largest absolute Gasteiger partial charge is 0.480 e. The van der Waals surface area contributed by atoms with Crippen molar-refractivity contribution in [2.24, 2.45) is 0 Å². The summed E-state index contributed by atoms with van der Waals surface area (Å²) in [4.78, 5) is 10.3. The first-order chi connectivity index (χ1) is 18.2. The summed E-state index contributed by atoms with van der Waals surface area (Å²) in [6.45, 7) is 2.18. The average Bonchev–Trinajstić information content (AvgIpc) is 3.45. The van der Waals surface area contributed by atoms with E-state index in [1.54, 1.807) is 0 Å². The van der Waals surface area contributed by atoms with Crippen molar-refractivity contribution in [1.82, 2.24) is 14.5 Å². The Hall–Kier alpha value is -4.70. The third-order valence-electron chi connectivity index (χ3n) is 7.72. The van der Waals surface area contributed by atoms with Gasteiger partial charge in [-0.25, -0.2) is 9.97 Å². The van der Waals surface area contributed by atoms with E-state index in [-0.39, 0.29) is 5.60 Å². The van der Waals surface area contributed by atoms with E-state index < -0.39 is 0 Å². The summed E-state index contributed by atoms with van der Waals surface area (Å²) in [5.41, 5.74) is 7.00. The lowest BCUT2D eigenvalue weighted by Crippen LogP contribution is -2.29. The fourth-order valence-electron chi connectivity index (χ4n) is 5.97. The predicted molar refractivity (Wildman–Crippen MR) is 150 cm³/mol. The van der Waals surface area contributed by atoms with Crippen LogP contribution < -0.4 is 4.74 Å². The SMILES string of the molecule is CC12CC=CC=C1c1ccc3c4ccccc4n(-c4nc(-c5ccccc5)c5ccccc5n4)c3c1O2. The molecule has 1 aliphatic heterocycles. The second-order valence-electron chi connectivity index (χ2n) is 9.99. The fraction of sp³-hybridized carbons (Fsp3) is 0.0909. The summed E-state index contributed by atoms with van der Waals surface area (Å²) in [6, 6.07) is 31.5. The van der Waals surface area contributed by atoms with Crippen LogP contribution in [-0.2, 0) is 0 Å². The molecule has 6 aromatic rings. The number of para-hydroxylation sites is 2. The lowest BCUT2D eigenvalue weighted by atomic mass is 9.86. The number of hydrogen-bond donors (Lipinski definition) is 0. The molecule has 0 radical (unpaired) electrons. The van der Waals surface area contributed by atoms with E-state index in [0.29, 0.717) is 5.95 Å². The fourth-order valence-corrected chi connectivity index (χ4v) is 5.97. The molecule has 3 heterocycles. The number of rotatable bonds is 2. The minimum Gasteiger partial charge on any atom is -0.480 e. The maximum Gasteiger partial charge on any atom is 0.235 e. The first-order valence-corrected chi connectivity index (χ1v) is 12.7. The Bertz CT molecular complexity index is 1950. The van der Waals surface area contributed by atoms with Gasteiger partial charge in [0.25, 0.3) is 0 Å². The van der Waals surface area contributed by atoms with Crippen LogP contribution in [-0.4, -0.2) is 20.1 Å². The van der Waals surface area contributed by atoms with E-state index in [9.17, 15) is 0 Å². The van der Waals surface area contributed by atoms with E-state index >= 15 is 0 Å². The lowest BCUT2D eigenvalue weighted by molar-refractivity contribution is 0.172. The molecule has 176 valence electrons. The van der Waals surface area contributed by atoms with Gasteiger partial charge < -0.3 is 4.74 Å². The van der Waals surface area contributed by atoms with Crippen LogP contribution in [0.5, 0.6) is 5.75 Å². The number of allylic oxidation sites excluding steroid dienone is 2. The van der Waals surface area contributed by atoms with E-state index in [4.69, 9.17) is 14.7 Å². The van der Waals surface area contributed by atoms with Crippen LogP contribution in [0, 0.1) is 0 Å². The van der Waals surface area contributed by atoms with Crippen molar-refractivity contribution in [3.8, 4) is 23.0 Å². The van der Waals surface area contributed by atoms with Crippen molar-refractivity contribution in [3.05, 3.63) is 115 Å². The molecule has 4 heteroatoms. The number of aromatic nitrogens is 3. The minimum absolute atomic E-state index is 0.369. The van der Waals surface area contributed by atoms with Crippen molar-refractivity contribution < 1.29 is 4.74 Å². The van der Waals surface area contributed by atoms with Gasteiger partial charge in [-0.05, 0) is 19.1 Å². The second-order valence-corrected chi connectivity index (χ2v) is 9.99. The molecule has 0 amide bonds. The van der Waals surface area contributed by atoms with E-state index in [1.165, 1.54) is 5.57 Å². The molecule has 1 aliphatic carbocycles. The molecular formula is C33H23N3O. The molecule has 2 aliphatic rings. The average molecular weight is 478 g/mol. The van der Waals surface area contributed by atoms with Gasteiger partial charge in [0.1, 0.15) is 5.60 Å². The summed E-state index contributed by atoms with van der Waals surface area (Å²) in [5, 5.41) is 3.34. The molecule has 0 saturated carbocycles. The Balaban J connectivity index is 1.50. The van der Waals surface area contributed by atoms with Crippen LogP contribution in [0.1, 0.15) is 18.9 Å². The first-order valence-electron chi connectivity index (χ1n) is 12.7. The van der Waals surface area contributed by atoms with Crippen molar-refractivity contribution in [3.63, 3.8) is 0 Å². The van der Waals surface area contributed by atoms with Crippen LogP contribution in [0.2, 0.25) is 0 Å². The van der Waals surface area contributed by atoms with Crippen LogP contribution in [0.3, 0.4) is 0 Å². The van der Waals surface area contributed by atoms with E-state index in [1.807, 2.05) is 18.2 Å². The molecule has 8 rings (SSSR count). The van der Waals surface area contributed by atoms with Crippen molar-refractivity contribution in [2.75, 3.05) is 0 Å². The summed E-state index contributed by atoms with van der Waals surface area (Å²) in [6.07, 6.45) is 7.35. The molecular weight excluding hydrogens is 454 g/mol. The Morgan fingerprint density at radius 3 is 2.46 bits per heavy atom. The van der Waals surface area contributed by atoms with Gasteiger partial charge in [-0.3, -0.25) is 4.57 Å². The monoisotopic (exact) mass is 477 g/mol. The number of fused-ring (bicyclic) bond motifs is 8. The van der Waals surface area contributed by atoms with E-state index in [2.05, 4.69) is 103 Å². The maximum absolute atomic E-state index is 6.81. The third-order valence-corrected chi connectivity index (χ3v) is 7.72. The standard InChI is InChI=1S/C33H23N3O/c1-33-20-10-9-15-26(33)24-19-18-23-22-13-6-8-17-28(22)36(30(23)31(24)37-33)32-34-27-16-7-5-14-25(27)29(35-32)21-11-3-2-4-12-21/h2-19H,20H2,1H3. The molecule has 0 spiro atoms. The van der Waals surface area contributed by atoms with Gasteiger partial charge in [-0.1, -0.05) is 97.1 Å². The van der Waals surface area contributed by atoms with Gasteiger partial charge in [-0.2, -0.15) is 0 Å². The molecule has 1 unspecified atom stereocenters. The highest BCUT2D eigenvalue weighted by atomic mass is 16.5. The highest BCUT2D eigenvalue weighted by Crippen LogP contribution is 2.52. The molecule has 37 heavy (non-hydrogen) atoms. The molecule has 0 bridgehead atoms. The summed E-state index contributed by atoms with van der Waals surface area (Å²) < 4.78 is 9.00. The number of nitrogens with zero attached hydrogens (tertiary/aromatic N) is 3. The second kappa shape index (κ2) is 7.40. The van der Waals surface area contributed by atoms with Crippen molar-refractivity contribution in [1.29, 1.82) is 0 Å². The molecule has 2 aromatic heterocycles. The van der Waals surface area contributed by atoms with Crippen LogP contribution in [0.25, 0.3) is 55.5 Å². The summed E-state index contributed by atoms with van der Waals surface area (Å²) in [5.74, 6) is 1.55. The van der Waals surface area contributed by atoms with Gasteiger partial charge in [0, 0.05) is 39.3 Å². The Kier molecular flexibility index (Phi) is 4.10. The van der Waals surface area contributed by atoms with Crippen LogP contribution in [0.15, 0.2) is 109 Å². The lowest BCUT2D eigenvalue weighted by Gasteiger charge is -2.26. The smallest absolute Gasteiger partial charge is 0.235 e. The van der Waals surface area contributed by atoms with Crippen molar-refractivity contribution in [2.45, 2.75) is 18.9 Å². The maximum atomic E-state index is 6.81. The molecule has 4 nitrogen and oxygen atoms in total. The molecule has 0 N–H and O–H groups in total. The molecule has 4 aromatic carbocycles. The van der Waals surface area contributed by atoms with E-state index in [0.717, 1.165) is 61.7 Å². The highest BCUT2D eigenvalue weighted by Gasteiger charge is 2.41. The van der Waals surface area contributed by atoms with Crippen molar-refractivity contribution >= 4 is 38.3 Å². The van der Waals surface area contributed by atoms with Crippen LogP contribution in [0.4, 0.5) is 0 Å². The Morgan fingerprint density at radius 2 is 1.57 bits per heavy atom. The summed E-state index contributed by atoms with van der Waals surface area (Å²) in [7, 11) is 0. The molecule has 0 fully saturated rings. The number of hydrogen-bond acceptors (Lipinski definition) is 3. The summed E-state index contributed by atoms with van der Waals surface area (Å²) >= 11 is 0. The third kappa shape index (κ3) is 2.84. The van der Waals surface area contributed by atoms with Gasteiger partial charge in [0.15, 0.2) is 5.75 Å². The van der Waals surface area contributed by atoms with Crippen LogP contribution >= 0.6 is 0 Å². The van der Waals surface area contributed by atoms with Gasteiger partial charge >= 0.3 is 0 Å². The number of benzene rings is 4. The Labute approximate surface area is 214 Å². The zero-order chi connectivity index (χ0) is 24.6. The minimum atomic E-state index is -0.369.